The third kappa shape index (κ3) is 3.74. The lowest BCUT2D eigenvalue weighted by atomic mass is 10.3. The van der Waals surface area contributed by atoms with Crippen LogP contribution in [0.2, 0.25) is 0 Å². The molecule has 0 radical (unpaired) electrons. The molecule has 1 N–H and O–H groups in total. The molecule has 24 heavy (non-hydrogen) atoms. The fourth-order valence-corrected chi connectivity index (χ4v) is 3.70. The summed E-state index contributed by atoms with van der Waals surface area (Å²) >= 11 is 2.90. The molecule has 0 saturated carbocycles. The van der Waals surface area contributed by atoms with Gasteiger partial charge in [-0.2, -0.15) is 0 Å². The highest BCUT2D eigenvalue weighted by Gasteiger charge is 2.15. The number of non-ortho nitro benzene ring substituents is 1. The molecule has 1 unspecified atom stereocenters. The Bertz CT molecular complexity index is 844. The van der Waals surface area contributed by atoms with E-state index in [4.69, 9.17) is 0 Å². The Morgan fingerprint density at radius 2 is 2.21 bits per heavy atom. The fraction of sp³-hybridized carbons (Fsp3) is 0.200. The van der Waals surface area contributed by atoms with Gasteiger partial charge in [0.15, 0.2) is 4.96 Å². The van der Waals surface area contributed by atoms with E-state index in [1.165, 1.54) is 23.9 Å². The number of nitro groups is 1. The molecule has 124 valence electrons. The van der Waals surface area contributed by atoms with Crippen LogP contribution in [0.4, 0.5) is 5.69 Å². The van der Waals surface area contributed by atoms with Gasteiger partial charge in [-0.15, -0.1) is 23.1 Å². The van der Waals surface area contributed by atoms with Crippen LogP contribution in [-0.4, -0.2) is 25.5 Å². The molecule has 9 heteroatoms. The first kappa shape index (κ1) is 16.5. The molecular weight excluding hydrogens is 348 g/mol. The highest BCUT2D eigenvalue weighted by atomic mass is 32.2. The van der Waals surface area contributed by atoms with Gasteiger partial charge in [0, 0.05) is 34.8 Å². The molecule has 7 nitrogen and oxygen atoms in total. The predicted octanol–water partition coefficient (Wildman–Crippen LogP) is 3.10. The molecule has 0 aliphatic carbocycles. The number of nitrogens with one attached hydrogen (secondary N) is 1. The molecule has 3 aromatic rings. The van der Waals surface area contributed by atoms with Crippen LogP contribution in [0.25, 0.3) is 4.96 Å². The summed E-state index contributed by atoms with van der Waals surface area (Å²) in [6.45, 7) is 2.17. The molecule has 1 atom stereocenters. The van der Waals surface area contributed by atoms with Crippen LogP contribution in [0.1, 0.15) is 12.6 Å². The molecule has 0 aliphatic rings. The Morgan fingerprint density at radius 1 is 1.46 bits per heavy atom. The van der Waals surface area contributed by atoms with E-state index in [1.807, 2.05) is 22.2 Å². The second-order valence-corrected chi connectivity index (χ2v) is 7.34. The summed E-state index contributed by atoms with van der Waals surface area (Å²) in [6, 6.07) is 6.17. The minimum absolute atomic E-state index is 0.0382. The highest BCUT2D eigenvalue weighted by Crippen LogP contribution is 2.25. The van der Waals surface area contributed by atoms with E-state index in [-0.39, 0.29) is 16.8 Å². The Morgan fingerprint density at radius 3 is 2.88 bits per heavy atom. The van der Waals surface area contributed by atoms with Crippen molar-refractivity contribution in [2.24, 2.45) is 0 Å². The Kier molecular flexibility index (Phi) is 4.81. The minimum Gasteiger partial charge on any atom is -0.349 e. The highest BCUT2D eigenvalue weighted by molar-refractivity contribution is 8.00. The first-order chi connectivity index (χ1) is 11.5. The van der Waals surface area contributed by atoms with Gasteiger partial charge in [-0.3, -0.25) is 19.3 Å². The van der Waals surface area contributed by atoms with Crippen molar-refractivity contribution >= 4 is 39.7 Å². The van der Waals surface area contributed by atoms with Crippen molar-refractivity contribution < 1.29 is 9.72 Å². The maximum absolute atomic E-state index is 12.2. The maximum Gasteiger partial charge on any atom is 0.269 e. The first-order valence-electron chi connectivity index (χ1n) is 7.13. The van der Waals surface area contributed by atoms with Crippen LogP contribution in [0.3, 0.4) is 0 Å². The molecule has 0 saturated heterocycles. The van der Waals surface area contributed by atoms with Crippen molar-refractivity contribution in [3.8, 4) is 0 Å². The van der Waals surface area contributed by atoms with Gasteiger partial charge in [0.05, 0.1) is 22.4 Å². The number of hydrogen-bond acceptors (Lipinski definition) is 6. The smallest absolute Gasteiger partial charge is 0.269 e. The van der Waals surface area contributed by atoms with Crippen molar-refractivity contribution in [2.45, 2.75) is 23.6 Å². The number of amides is 1. The van der Waals surface area contributed by atoms with E-state index in [0.29, 0.717) is 6.54 Å². The van der Waals surface area contributed by atoms with Gasteiger partial charge in [-0.05, 0) is 19.1 Å². The monoisotopic (exact) mass is 362 g/mol. The molecule has 3 rings (SSSR count). The summed E-state index contributed by atoms with van der Waals surface area (Å²) in [4.78, 5) is 28.5. The molecule has 0 aliphatic heterocycles. The molecule has 2 aromatic heterocycles. The third-order valence-electron chi connectivity index (χ3n) is 3.32. The van der Waals surface area contributed by atoms with E-state index < -0.39 is 4.92 Å². The van der Waals surface area contributed by atoms with Gasteiger partial charge < -0.3 is 5.32 Å². The number of imidazole rings is 1. The quantitative estimate of drug-likeness (QED) is 0.413. The summed E-state index contributed by atoms with van der Waals surface area (Å²) in [6.07, 6.45) is 3.81. The Labute approximate surface area is 145 Å². The SMILES string of the molecule is CC(Sc1ccc([N+](=O)[O-])cc1)C(=O)NCc1cn2ccsc2n1. The van der Waals surface area contributed by atoms with Gasteiger partial charge in [-0.1, -0.05) is 0 Å². The molecule has 1 amide bonds. The summed E-state index contributed by atoms with van der Waals surface area (Å²) in [7, 11) is 0. The second kappa shape index (κ2) is 7.02. The van der Waals surface area contributed by atoms with E-state index in [9.17, 15) is 14.9 Å². The number of aromatic nitrogens is 2. The molecule has 2 heterocycles. The average molecular weight is 362 g/mol. The molecule has 0 spiro atoms. The minimum atomic E-state index is -0.444. The number of fused-ring (bicyclic) bond motifs is 1. The molecule has 0 fully saturated rings. The van der Waals surface area contributed by atoms with Gasteiger partial charge >= 0.3 is 0 Å². The zero-order valence-electron chi connectivity index (χ0n) is 12.7. The number of nitro benzene ring substituents is 1. The van der Waals surface area contributed by atoms with Crippen LogP contribution in [0.5, 0.6) is 0 Å². The van der Waals surface area contributed by atoms with Crippen LogP contribution >= 0.6 is 23.1 Å². The van der Waals surface area contributed by atoms with Gasteiger partial charge in [0.1, 0.15) is 0 Å². The van der Waals surface area contributed by atoms with Crippen LogP contribution in [-0.2, 0) is 11.3 Å². The van der Waals surface area contributed by atoms with Crippen LogP contribution in [0, 0.1) is 10.1 Å². The van der Waals surface area contributed by atoms with Gasteiger partial charge in [0.2, 0.25) is 5.91 Å². The number of carbonyl (C=O) groups excluding carboxylic acids is 1. The van der Waals surface area contributed by atoms with Crippen LogP contribution in [0.15, 0.2) is 46.9 Å². The molecule has 1 aromatic carbocycles. The zero-order valence-corrected chi connectivity index (χ0v) is 14.3. The van der Waals surface area contributed by atoms with E-state index >= 15 is 0 Å². The zero-order chi connectivity index (χ0) is 17.1. The Hall–Kier alpha value is -2.39. The largest absolute Gasteiger partial charge is 0.349 e. The predicted molar refractivity (Wildman–Crippen MR) is 93.3 cm³/mol. The number of benzene rings is 1. The summed E-state index contributed by atoms with van der Waals surface area (Å²) in [5.74, 6) is -0.102. The Balaban J connectivity index is 1.54. The van der Waals surface area contributed by atoms with Gasteiger partial charge in [-0.25, -0.2) is 4.98 Å². The number of hydrogen-bond donors (Lipinski definition) is 1. The van der Waals surface area contributed by atoms with Crippen molar-refractivity contribution in [2.75, 3.05) is 0 Å². The van der Waals surface area contributed by atoms with Gasteiger partial charge in [0.25, 0.3) is 5.69 Å². The van der Waals surface area contributed by atoms with E-state index in [2.05, 4.69) is 10.3 Å². The first-order valence-corrected chi connectivity index (χ1v) is 8.89. The van der Waals surface area contributed by atoms with Crippen molar-refractivity contribution in [1.29, 1.82) is 0 Å². The molecule has 0 bridgehead atoms. The lowest BCUT2D eigenvalue weighted by molar-refractivity contribution is -0.384. The summed E-state index contributed by atoms with van der Waals surface area (Å²) < 4.78 is 1.92. The normalized spacial score (nSPS) is 12.2. The lowest BCUT2D eigenvalue weighted by Crippen LogP contribution is -2.30. The molecular formula is C15H14N4O3S2. The van der Waals surface area contributed by atoms with Crippen molar-refractivity contribution in [3.05, 3.63) is 57.8 Å². The summed E-state index contributed by atoms with van der Waals surface area (Å²) in [5.41, 5.74) is 0.846. The average Bonchev–Trinajstić information content (AvgIpc) is 3.14. The van der Waals surface area contributed by atoms with E-state index in [1.54, 1.807) is 30.4 Å². The second-order valence-electron chi connectivity index (χ2n) is 5.05. The van der Waals surface area contributed by atoms with Crippen molar-refractivity contribution in [1.82, 2.24) is 14.7 Å². The standard InChI is InChI=1S/C15H14N4O3S2/c1-10(24-13-4-2-12(3-5-13)19(21)22)14(20)16-8-11-9-18-6-7-23-15(18)17-11/h2-7,9-10H,8H2,1H3,(H,16,20). The number of rotatable bonds is 6. The van der Waals surface area contributed by atoms with Crippen LogP contribution < -0.4 is 5.32 Å². The van der Waals surface area contributed by atoms with E-state index in [0.717, 1.165) is 15.6 Å². The maximum atomic E-state index is 12.2. The number of nitrogens with zero attached hydrogens (tertiary/aromatic N) is 3. The lowest BCUT2D eigenvalue weighted by Gasteiger charge is -2.11. The number of carbonyl (C=O) groups is 1. The third-order valence-corrected chi connectivity index (χ3v) is 5.20. The fourth-order valence-electron chi connectivity index (χ4n) is 2.09. The topological polar surface area (TPSA) is 89.5 Å². The number of thiazole rings is 1. The van der Waals surface area contributed by atoms with Crippen molar-refractivity contribution in [3.63, 3.8) is 0 Å². The number of thioether (sulfide) groups is 1. The summed E-state index contributed by atoms with van der Waals surface area (Å²) in [5, 5.41) is 15.1.